The summed E-state index contributed by atoms with van der Waals surface area (Å²) >= 11 is 0. The Bertz CT molecular complexity index is 1010. The van der Waals surface area contributed by atoms with E-state index in [4.69, 9.17) is 0 Å². The van der Waals surface area contributed by atoms with Crippen LogP contribution in [0.1, 0.15) is 55.5 Å². The van der Waals surface area contributed by atoms with Crippen LogP contribution in [0.15, 0.2) is 36.4 Å². The molecule has 2 heterocycles. The summed E-state index contributed by atoms with van der Waals surface area (Å²) in [6.45, 7) is 7.60. The molecule has 4 rings (SSSR count). The van der Waals surface area contributed by atoms with Gasteiger partial charge in [0.15, 0.2) is 0 Å². The molecule has 150 valence electrons. The molecule has 1 fully saturated rings. The SMILES string of the molecule is Cc1ccc(C)c(N2C(=O)c3ccc(C(=O)NC4CNCCC4C)cc3C2=O)c1. The number of nitrogens with zero attached hydrogens (tertiary/aromatic N) is 1. The largest absolute Gasteiger partial charge is 0.348 e. The maximum Gasteiger partial charge on any atom is 0.266 e. The summed E-state index contributed by atoms with van der Waals surface area (Å²) in [5.74, 6) is -0.576. The number of hydrogen-bond donors (Lipinski definition) is 2. The summed E-state index contributed by atoms with van der Waals surface area (Å²) in [6.07, 6.45) is 1.01. The minimum Gasteiger partial charge on any atom is -0.348 e. The van der Waals surface area contributed by atoms with E-state index in [-0.39, 0.29) is 29.3 Å². The van der Waals surface area contributed by atoms with Gasteiger partial charge in [-0.15, -0.1) is 0 Å². The lowest BCUT2D eigenvalue weighted by Crippen LogP contribution is -2.50. The summed E-state index contributed by atoms with van der Waals surface area (Å²) < 4.78 is 0. The first-order valence-corrected chi connectivity index (χ1v) is 9.98. The van der Waals surface area contributed by atoms with Crippen LogP contribution in [0.4, 0.5) is 5.69 Å². The number of carbonyl (C=O) groups is 3. The standard InChI is InChI=1S/C23H25N3O3/c1-13-4-5-15(3)20(10-13)26-22(28)17-7-6-16(11-18(17)23(26)29)21(27)25-19-12-24-9-8-14(19)2/h4-7,10-11,14,19,24H,8-9,12H2,1-3H3,(H,25,27). The van der Waals surface area contributed by atoms with Gasteiger partial charge in [-0.3, -0.25) is 14.4 Å². The van der Waals surface area contributed by atoms with Gasteiger partial charge in [-0.2, -0.15) is 0 Å². The van der Waals surface area contributed by atoms with E-state index in [2.05, 4.69) is 17.6 Å². The average molecular weight is 391 g/mol. The Morgan fingerprint density at radius 1 is 1.07 bits per heavy atom. The van der Waals surface area contributed by atoms with Crippen molar-refractivity contribution in [3.8, 4) is 0 Å². The fraction of sp³-hybridized carbons (Fsp3) is 0.348. The van der Waals surface area contributed by atoms with Crippen LogP contribution < -0.4 is 15.5 Å². The number of nitrogens with one attached hydrogen (secondary N) is 2. The van der Waals surface area contributed by atoms with E-state index in [0.29, 0.717) is 22.7 Å². The molecule has 2 aromatic rings. The van der Waals surface area contributed by atoms with Crippen LogP contribution in [0.5, 0.6) is 0 Å². The number of fused-ring (bicyclic) bond motifs is 1. The van der Waals surface area contributed by atoms with Gasteiger partial charge in [-0.05, 0) is 68.1 Å². The highest BCUT2D eigenvalue weighted by Gasteiger charge is 2.38. The number of hydrogen-bond acceptors (Lipinski definition) is 4. The van der Waals surface area contributed by atoms with E-state index in [1.54, 1.807) is 12.1 Å². The third kappa shape index (κ3) is 3.44. The number of imide groups is 1. The number of anilines is 1. The molecule has 6 heteroatoms. The normalized spacial score (nSPS) is 21.3. The van der Waals surface area contributed by atoms with Crippen molar-refractivity contribution < 1.29 is 14.4 Å². The van der Waals surface area contributed by atoms with Crippen molar-refractivity contribution in [1.82, 2.24) is 10.6 Å². The van der Waals surface area contributed by atoms with Gasteiger partial charge < -0.3 is 10.6 Å². The highest BCUT2D eigenvalue weighted by Crippen LogP contribution is 2.31. The lowest BCUT2D eigenvalue weighted by Gasteiger charge is -2.30. The van der Waals surface area contributed by atoms with Crippen LogP contribution in [-0.4, -0.2) is 36.9 Å². The fourth-order valence-corrected chi connectivity index (χ4v) is 4.00. The first-order chi connectivity index (χ1) is 13.9. The Hall–Kier alpha value is -2.99. The number of aryl methyl sites for hydroxylation is 2. The van der Waals surface area contributed by atoms with Crippen molar-refractivity contribution in [1.29, 1.82) is 0 Å². The van der Waals surface area contributed by atoms with E-state index < -0.39 is 0 Å². The second-order valence-electron chi connectivity index (χ2n) is 8.05. The number of amides is 3. The number of carbonyl (C=O) groups excluding carboxylic acids is 3. The van der Waals surface area contributed by atoms with Crippen LogP contribution >= 0.6 is 0 Å². The molecule has 6 nitrogen and oxygen atoms in total. The quantitative estimate of drug-likeness (QED) is 0.789. The van der Waals surface area contributed by atoms with Gasteiger partial charge in [-0.25, -0.2) is 4.90 Å². The summed E-state index contributed by atoms with van der Waals surface area (Å²) in [6, 6.07) is 10.5. The van der Waals surface area contributed by atoms with Crippen molar-refractivity contribution in [3.05, 3.63) is 64.2 Å². The molecule has 2 aliphatic heterocycles. The van der Waals surface area contributed by atoms with Gasteiger partial charge in [0.1, 0.15) is 0 Å². The number of piperidine rings is 1. The van der Waals surface area contributed by atoms with E-state index in [1.807, 2.05) is 32.0 Å². The van der Waals surface area contributed by atoms with Crippen molar-refractivity contribution in [2.24, 2.45) is 5.92 Å². The highest BCUT2D eigenvalue weighted by molar-refractivity contribution is 6.35. The molecule has 2 atom stereocenters. The highest BCUT2D eigenvalue weighted by atomic mass is 16.2. The number of benzene rings is 2. The molecule has 0 radical (unpaired) electrons. The number of rotatable bonds is 3. The van der Waals surface area contributed by atoms with Crippen molar-refractivity contribution in [3.63, 3.8) is 0 Å². The van der Waals surface area contributed by atoms with Crippen LogP contribution in [0, 0.1) is 19.8 Å². The third-order valence-electron chi connectivity index (χ3n) is 5.90. The van der Waals surface area contributed by atoms with Crippen LogP contribution in [0.25, 0.3) is 0 Å². The van der Waals surface area contributed by atoms with Crippen LogP contribution in [0.2, 0.25) is 0 Å². The molecule has 2 aliphatic rings. The molecule has 2 unspecified atom stereocenters. The fourth-order valence-electron chi connectivity index (χ4n) is 4.00. The molecule has 0 bridgehead atoms. The van der Waals surface area contributed by atoms with Crippen molar-refractivity contribution >= 4 is 23.4 Å². The molecular formula is C23H25N3O3. The average Bonchev–Trinajstić information content (AvgIpc) is 2.95. The first-order valence-electron chi connectivity index (χ1n) is 9.98. The van der Waals surface area contributed by atoms with Crippen LogP contribution in [0.3, 0.4) is 0 Å². The molecule has 0 aromatic heterocycles. The zero-order valence-corrected chi connectivity index (χ0v) is 16.9. The molecule has 3 amide bonds. The third-order valence-corrected chi connectivity index (χ3v) is 5.90. The Kier molecular flexibility index (Phi) is 4.96. The van der Waals surface area contributed by atoms with Crippen molar-refractivity contribution in [2.45, 2.75) is 33.2 Å². The molecular weight excluding hydrogens is 366 g/mol. The Balaban J connectivity index is 1.61. The molecule has 2 aromatic carbocycles. The van der Waals surface area contributed by atoms with Gasteiger partial charge >= 0.3 is 0 Å². The monoisotopic (exact) mass is 391 g/mol. The smallest absolute Gasteiger partial charge is 0.266 e. The zero-order valence-electron chi connectivity index (χ0n) is 16.9. The summed E-state index contributed by atoms with van der Waals surface area (Å²) in [5.41, 5.74) is 3.41. The molecule has 0 saturated carbocycles. The lowest BCUT2D eigenvalue weighted by atomic mass is 9.94. The maximum absolute atomic E-state index is 13.1. The lowest BCUT2D eigenvalue weighted by molar-refractivity contribution is 0.0910. The van der Waals surface area contributed by atoms with E-state index in [9.17, 15) is 14.4 Å². The Labute approximate surface area is 170 Å². The van der Waals surface area contributed by atoms with Gasteiger partial charge in [-0.1, -0.05) is 19.1 Å². The summed E-state index contributed by atoms with van der Waals surface area (Å²) in [4.78, 5) is 39.9. The predicted molar refractivity (Wildman–Crippen MR) is 111 cm³/mol. The van der Waals surface area contributed by atoms with E-state index in [0.717, 1.165) is 30.6 Å². The molecule has 1 saturated heterocycles. The zero-order chi connectivity index (χ0) is 20.7. The van der Waals surface area contributed by atoms with E-state index in [1.165, 1.54) is 11.0 Å². The summed E-state index contributed by atoms with van der Waals surface area (Å²) in [7, 11) is 0. The van der Waals surface area contributed by atoms with Gasteiger partial charge in [0.05, 0.1) is 16.8 Å². The first kappa shape index (κ1) is 19.3. The summed E-state index contributed by atoms with van der Waals surface area (Å²) in [5, 5.41) is 6.34. The van der Waals surface area contributed by atoms with E-state index >= 15 is 0 Å². The molecule has 29 heavy (non-hydrogen) atoms. The molecule has 0 aliphatic carbocycles. The second kappa shape index (κ2) is 7.44. The topological polar surface area (TPSA) is 78.5 Å². The van der Waals surface area contributed by atoms with Gasteiger partial charge in [0.25, 0.3) is 17.7 Å². The van der Waals surface area contributed by atoms with Gasteiger partial charge in [0, 0.05) is 18.2 Å². The minimum atomic E-state index is -0.388. The predicted octanol–water partition coefficient (Wildman–Crippen LogP) is 2.83. The Morgan fingerprint density at radius 3 is 2.59 bits per heavy atom. The molecule has 0 spiro atoms. The van der Waals surface area contributed by atoms with Crippen molar-refractivity contribution in [2.75, 3.05) is 18.0 Å². The van der Waals surface area contributed by atoms with Crippen LogP contribution in [-0.2, 0) is 0 Å². The maximum atomic E-state index is 13.1. The Morgan fingerprint density at radius 2 is 1.83 bits per heavy atom. The second-order valence-corrected chi connectivity index (χ2v) is 8.05. The molecule has 2 N–H and O–H groups in total. The van der Waals surface area contributed by atoms with Gasteiger partial charge in [0.2, 0.25) is 0 Å². The minimum absolute atomic E-state index is 0.0493.